The Morgan fingerprint density at radius 3 is 1.40 bits per heavy atom. The molecular weight excluding hydrogens is 494 g/mol. The lowest BCUT2D eigenvalue weighted by atomic mass is 10.0. The molecule has 0 radical (unpaired) electrons. The summed E-state index contributed by atoms with van der Waals surface area (Å²) >= 11 is 9.12. The number of halogens is 5. The monoisotopic (exact) mass is 506 g/mol. The van der Waals surface area contributed by atoms with Gasteiger partial charge in [-0.15, -0.1) is 0 Å². The summed E-state index contributed by atoms with van der Waals surface area (Å²) in [6.07, 6.45) is 0. The lowest BCUT2D eigenvalue weighted by Gasteiger charge is -2.17. The average molecular weight is 507 g/mol. The molecule has 156 valence electrons. The predicted octanol–water partition coefficient (Wildman–Crippen LogP) is 8.66. The van der Waals surface area contributed by atoms with Crippen molar-refractivity contribution in [2.45, 2.75) is 15.4 Å². The SMILES string of the molecule is Fc1c(F)c(F)c(SP2(=S)S[C@H](c3ccccc3)[C@H](c3ccccc3)S2)c(F)c1F. The molecule has 0 bridgehead atoms. The molecule has 0 aromatic heterocycles. The molecule has 1 heterocycles. The van der Waals surface area contributed by atoms with Gasteiger partial charge < -0.3 is 0 Å². The Balaban J connectivity index is 1.74. The van der Waals surface area contributed by atoms with E-state index in [4.69, 9.17) is 11.8 Å². The summed E-state index contributed by atoms with van der Waals surface area (Å²) in [5, 5.41) is -0.226. The Hall–Kier alpha value is -0.990. The van der Waals surface area contributed by atoms with Gasteiger partial charge in [0.2, 0.25) is 5.82 Å². The van der Waals surface area contributed by atoms with E-state index >= 15 is 0 Å². The van der Waals surface area contributed by atoms with Gasteiger partial charge in [0.15, 0.2) is 23.3 Å². The summed E-state index contributed by atoms with van der Waals surface area (Å²) in [6.45, 7) is 0. The maximum absolute atomic E-state index is 14.3. The summed E-state index contributed by atoms with van der Waals surface area (Å²) in [5.41, 5.74) is 1.99. The zero-order chi connectivity index (χ0) is 21.5. The minimum absolute atomic E-state index is 0.113. The molecule has 0 N–H and O–H groups in total. The van der Waals surface area contributed by atoms with Crippen LogP contribution >= 0.6 is 37.8 Å². The normalized spacial score (nSPS) is 23.6. The minimum atomic E-state index is -2.70. The van der Waals surface area contributed by atoms with E-state index in [1.807, 2.05) is 60.7 Å². The zero-order valence-corrected chi connectivity index (χ0v) is 19.1. The van der Waals surface area contributed by atoms with Gasteiger partial charge in [-0.1, -0.05) is 107 Å². The maximum atomic E-state index is 14.3. The van der Waals surface area contributed by atoms with E-state index in [1.54, 1.807) is 0 Å². The van der Waals surface area contributed by atoms with Gasteiger partial charge in [0, 0.05) is 0 Å². The van der Waals surface area contributed by atoms with Crippen molar-refractivity contribution in [1.82, 2.24) is 0 Å². The quantitative estimate of drug-likeness (QED) is 0.150. The number of rotatable bonds is 4. The molecule has 1 aliphatic heterocycles. The molecular formula is C20H12F5PS4. The third-order valence-electron chi connectivity index (χ3n) is 4.39. The lowest BCUT2D eigenvalue weighted by molar-refractivity contribution is 0.361. The fraction of sp³-hybridized carbons (Fsp3) is 0.100. The Morgan fingerprint density at radius 2 is 1.00 bits per heavy atom. The third kappa shape index (κ3) is 4.19. The van der Waals surface area contributed by atoms with E-state index in [1.165, 1.54) is 22.8 Å². The maximum Gasteiger partial charge on any atom is 0.200 e. The summed E-state index contributed by atoms with van der Waals surface area (Å²) in [7, 11) is 0. The molecule has 1 aliphatic rings. The van der Waals surface area contributed by atoms with E-state index in [0.717, 1.165) is 11.1 Å². The van der Waals surface area contributed by atoms with Crippen molar-refractivity contribution < 1.29 is 22.0 Å². The molecule has 0 amide bonds. The first-order chi connectivity index (χ1) is 14.3. The zero-order valence-electron chi connectivity index (χ0n) is 14.9. The molecule has 3 atom stereocenters. The van der Waals surface area contributed by atoms with Gasteiger partial charge in [0.05, 0.1) is 15.4 Å². The van der Waals surface area contributed by atoms with Gasteiger partial charge in [-0.2, -0.15) is 0 Å². The Labute approximate surface area is 187 Å². The van der Waals surface area contributed by atoms with E-state index < -0.39 is 37.6 Å². The number of hydrogen-bond acceptors (Lipinski definition) is 4. The van der Waals surface area contributed by atoms with E-state index in [2.05, 4.69) is 0 Å². The first kappa shape index (κ1) is 22.2. The summed E-state index contributed by atoms with van der Waals surface area (Å²) in [4.78, 5) is -0.907. The van der Waals surface area contributed by atoms with E-state index in [9.17, 15) is 22.0 Å². The smallest absolute Gasteiger partial charge is 0.200 e. The summed E-state index contributed by atoms with van der Waals surface area (Å²) in [5.74, 6) is -9.73. The van der Waals surface area contributed by atoms with Crippen LogP contribution in [0.3, 0.4) is 0 Å². The summed E-state index contributed by atoms with van der Waals surface area (Å²) in [6, 6.07) is 19.1. The van der Waals surface area contributed by atoms with Gasteiger partial charge in [-0.05, 0) is 11.1 Å². The molecule has 1 fully saturated rings. The first-order valence-electron chi connectivity index (χ1n) is 8.58. The van der Waals surface area contributed by atoms with E-state index in [-0.39, 0.29) is 10.5 Å². The molecule has 3 aromatic rings. The first-order valence-corrected chi connectivity index (χ1v) is 15.8. The second kappa shape index (κ2) is 8.87. The Morgan fingerprint density at radius 1 is 0.633 bits per heavy atom. The standard InChI is InChI=1S/C20H12F5PS4/c21-13-14(22)16(24)20(17(25)15(13)23)30-26(27)28-18(11-7-3-1-4-8-11)19(29-26)12-9-5-2-6-10-12/h1-10,18-19H/t18-,19+,26?. The van der Waals surface area contributed by atoms with Crippen LogP contribution in [0.1, 0.15) is 21.6 Å². The largest absolute Gasteiger partial charge is 0.202 e. The van der Waals surface area contributed by atoms with Crippen LogP contribution in [0.25, 0.3) is 0 Å². The average Bonchev–Trinajstić information content (AvgIpc) is 3.13. The summed E-state index contributed by atoms with van der Waals surface area (Å²) < 4.78 is 66.6. The number of hydrogen-bond donors (Lipinski definition) is 0. The van der Waals surface area contributed by atoms with Gasteiger partial charge >= 0.3 is 0 Å². The second-order valence-corrected chi connectivity index (χ2v) is 21.8. The highest BCUT2D eigenvalue weighted by Crippen LogP contribution is 2.92. The van der Waals surface area contributed by atoms with Crippen molar-refractivity contribution in [3.8, 4) is 0 Å². The topological polar surface area (TPSA) is 0 Å². The van der Waals surface area contributed by atoms with Crippen LogP contribution in [0, 0.1) is 29.1 Å². The van der Waals surface area contributed by atoms with Crippen molar-refractivity contribution >= 4 is 49.6 Å². The van der Waals surface area contributed by atoms with Gasteiger partial charge in [-0.25, -0.2) is 22.0 Å². The molecule has 3 aromatic carbocycles. The van der Waals surface area contributed by atoms with Crippen LogP contribution < -0.4 is 0 Å². The van der Waals surface area contributed by atoms with Crippen LogP contribution in [0.4, 0.5) is 22.0 Å². The van der Waals surface area contributed by atoms with Crippen LogP contribution in [-0.2, 0) is 11.8 Å². The molecule has 10 heteroatoms. The van der Waals surface area contributed by atoms with Crippen molar-refractivity contribution in [2.24, 2.45) is 0 Å². The van der Waals surface area contributed by atoms with Gasteiger partial charge in [0.25, 0.3) is 0 Å². The highest BCUT2D eigenvalue weighted by Gasteiger charge is 2.44. The van der Waals surface area contributed by atoms with E-state index in [0.29, 0.717) is 11.4 Å². The molecule has 4 rings (SSSR count). The molecule has 0 saturated carbocycles. The lowest BCUT2D eigenvalue weighted by Crippen LogP contribution is -2.02. The minimum Gasteiger partial charge on any atom is -0.202 e. The van der Waals surface area contributed by atoms with Crippen LogP contribution in [0.5, 0.6) is 0 Å². The fourth-order valence-electron chi connectivity index (χ4n) is 2.99. The van der Waals surface area contributed by atoms with Crippen molar-refractivity contribution in [3.05, 3.63) is 101 Å². The second-order valence-electron chi connectivity index (χ2n) is 6.31. The predicted molar refractivity (Wildman–Crippen MR) is 120 cm³/mol. The molecule has 1 saturated heterocycles. The van der Waals surface area contributed by atoms with Crippen LogP contribution in [0.2, 0.25) is 0 Å². The molecule has 1 unspecified atom stereocenters. The Kier molecular flexibility index (Phi) is 6.56. The van der Waals surface area contributed by atoms with Crippen molar-refractivity contribution in [1.29, 1.82) is 0 Å². The number of benzene rings is 3. The van der Waals surface area contributed by atoms with Crippen LogP contribution in [-0.4, -0.2) is 0 Å². The van der Waals surface area contributed by atoms with Gasteiger partial charge in [0.1, 0.15) is 3.64 Å². The molecule has 0 spiro atoms. The highest BCUT2D eigenvalue weighted by molar-refractivity contribution is 9.24. The van der Waals surface area contributed by atoms with Gasteiger partial charge in [-0.3, -0.25) is 0 Å². The third-order valence-corrected chi connectivity index (χ3v) is 18.2. The van der Waals surface area contributed by atoms with Crippen molar-refractivity contribution in [2.75, 3.05) is 0 Å². The highest BCUT2D eigenvalue weighted by atomic mass is 33.5. The molecule has 0 aliphatic carbocycles. The van der Waals surface area contributed by atoms with Crippen LogP contribution in [0.15, 0.2) is 65.6 Å². The molecule has 30 heavy (non-hydrogen) atoms. The fourth-order valence-corrected chi connectivity index (χ4v) is 19.1. The Bertz CT molecular complexity index is 1050. The molecule has 0 nitrogen and oxygen atoms in total. The van der Waals surface area contributed by atoms with Crippen molar-refractivity contribution in [3.63, 3.8) is 0 Å².